The van der Waals surface area contributed by atoms with Crippen molar-refractivity contribution in [3.05, 3.63) is 107 Å². The van der Waals surface area contributed by atoms with E-state index in [0.29, 0.717) is 17.8 Å². The van der Waals surface area contributed by atoms with Crippen LogP contribution in [0.4, 0.5) is 0 Å². The molecule has 0 spiro atoms. The normalized spacial score (nSPS) is 21.7. The van der Waals surface area contributed by atoms with Gasteiger partial charge in [-0.25, -0.2) is 4.98 Å². The van der Waals surface area contributed by atoms with Crippen LogP contribution in [0.5, 0.6) is 0 Å². The summed E-state index contributed by atoms with van der Waals surface area (Å²) >= 11 is 0. The number of para-hydroxylation sites is 2. The maximum atomic E-state index is 12.8. The minimum atomic E-state index is -0.493. The van der Waals surface area contributed by atoms with E-state index in [1.54, 1.807) is 0 Å². The molecule has 2 aliphatic heterocycles. The van der Waals surface area contributed by atoms with Gasteiger partial charge in [-0.3, -0.25) is 9.78 Å². The highest BCUT2D eigenvalue weighted by Gasteiger charge is 2.33. The number of hydrogen-bond acceptors (Lipinski definition) is 7. The molecule has 2 N–H and O–H groups in total. The molecule has 4 aromatic rings. The van der Waals surface area contributed by atoms with Gasteiger partial charge in [-0.05, 0) is 54.8 Å². The lowest BCUT2D eigenvalue weighted by Crippen LogP contribution is -2.40. The molecule has 8 heteroatoms. The van der Waals surface area contributed by atoms with Gasteiger partial charge in [0.1, 0.15) is 5.69 Å². The van der Waals surface area contributed by atoms with Crippen molar-refractivity contribution in [1.82, 2.24) is 20.2 Å². The van der Waals surface area contributed by atoms with E-state index in [1.807, 2.05) is 60.7 Å². The predicted octanol–water partition coefficient (Wildman–Crippen LogP) is 5.86. The van der Waals surface area contributed by atoms with Gasteiger partial charge in [0, 0.05) is 25.1 Å². The van der Waals surface area contributed by atoms with Crippen LogP contribution in [-0.4, -0.2) is 51.6 Å². The van der Waals surface area contributed by atoms with Gasteiger partial charge in [-0.15, -0.1) is 0 Å². The van der Waals surface area contributed by atoms with Gasteiger partial charge in [0.15, 0.2) is 6.29 Å². The molecule has 224 valence electrons. The van der Waals surface area contributed by atoms with Crippen LogP contribution in [0.15, 0.2) is 79.0 Å². The van der Waals surface area contributed by atoms with E-state index in [9.17, 15) is 9.90 Å². The summed E-state index contributed by atoms with van der Waals surface area (Å²) in [6.45, 7) is 3.53. The molecule has 3 aromatic carbocycles. The van der Waals surface area contributed by atoms with Crippen molar-refractivity contribution in [1.29, 1.82) is 0 Å². The van der Waals surface area contributed by atoms with Gasteiger partial charge in [0.25, 0.3) is 5.91 Å². The molecule has 3 heterocycles. The van der Waals surface area contributed by atoms with Gasteiger partial charge in [-0.2, -0.15) is 0 Å². The van der Waals surface area contributed by atoms with Gasteiger partial charge in [-0.1, -0.05) is 79.9 Å². The van der Waals surface area contributed by atoms with Gasteiger partial charge in [0.05, 0.1) is 36.0 Å². The number of ether oxygens (including phenoxy) is 2. The first kappa shape index (κ1) is 29.4. The third-order valence-electron chi connectivity index (χ3n) is 8.41. The van der Waals surface area contributed by atoms with Crippen LogP contribution in [0.1, 0.15) is 83.7 Å². The second kappa shape index (κ2) is 14.2. The third-order valence-corrected chi connectivity index (χ3v) is 8.41. The standard InChI is InChI=1S/C35H40N4O4/c40-24-26-12-14-27(15-13-26)33-20-29(23-39-18-6-2-1-3-7-19-39)42-35(43-33)28-16-10-25(11-17-28)21-37-34(41)32-22-36-30-8-4-5-9-31(30)38-32/h4-5,8-17,22,29,33,35,40H,1-3,6-7,18-21,23-24H2,(H,37,41). The lowest BCUT2D eigenvalue weighted by Gasteiger charge is -2.38. The average Bonchev–Trinajstić information content (AvgIpc) is 3.04. The molecular weight excluding hydrogens is 540 g/mol. The molecule has 2 fully saturated rings. The lowest BCUT2D eigenvalue weighted by atomic mass is 9.99. The molecule has 2 saturated heterocycles. The number of fused-ring (bicyclic) bond motifs is 1. The van der Waals surface area contributed by atoms with Crippen LogP contribution in [-0.2, 0) is 22.6 Å². The molecule has 0 bridgehead atoms. The van der Waals surface area contributed by atoms with E-state index in [1.165, 1.54) is 38.3 Å². The Morgan fingerprint density at radius 3 is 2.26 bits per heavy atom. The summed E-state index contributed by atoms with van der Waals surface area (Å²) < 4.78 is 13.1. The highest BCUT2D eigenvalue weighted by Crippen LogP contribution is 2.38. The van der Waals surface area contributed by atoms with E-state index < -0.39 is 6.29 Å². The zero-order chi connectivity index (χ0) is 29.4. The molecule has 0 saturated carbocycles. The third kappa shape index (κ3) is 7.64. The predicted molar refractivity (Wildman–Crippen MR) is 165 cm³/mol. The van der Waals surface area contributed by atoms with Crippen molar-refractivity contribution in [3.63, 3.8) is 0 Å². The Bertz CT molecular complexity index is 1490. The first-order valence-electron chi connectivity index (χ1n) is 15.5. The van der Waals surface area contributed by atoms with Gasteiger partial charge in [0.2, 0.25) is 0 Å². The topological polar surface area (TPSA) is 96.8 Å². The Morgan fingerprint density at radius 2 is 1.51 bits per heavy atom. The van der Waals surface area contributed by atoms with E-state index >= 15 is 0 Å². The van der Waals surface area contributed by atoms with Crippen molar-refractivity contribution in [3.8, 4) is 0 Å². The molecule has 1 amide bonds. The molecule has 3 atom stereocenters. The number of amides is 1. The fourth-order valence-electron chi connectivity index (χ4n) is 5.95. The summed E-state index contributed by atoms with van der Waals surface area (Å²) in [5.41, 5.74) is 5.65. The fraction of sp³-hybridized carbons (Fsp3) is 0.400. The highest BCUT2D eigenvalue weighted by molar-refractivity contribution is 5.93. The SMILES string of the molecule is O=C(NCc1ccc(C2OC(CN3CCCCCCC3)CC(c3ccc(CO)cc3)O2)cc1)c1cnc2ccccc2n1. The van der Waals surface area contributed by atoms with Crippen molar-refractivity contribution in [2.45, 2.75) is 70.2 Å². The first-order chi connectivity index (χ1) is 21.1. The van der Waals surface area contributed by atoms with E-state index in [2.05, 4.69) is 32.3 Å². The summed E-state index contributed by atoms with van der Waals surface area (Å²) in [7, 11) is 0. The summed E-state index contributed by atoms with van der Waals surface area (Å²) in [6, 6.07) is 23.6. The van der Waals surface area contributed by atoms with Crippen molar-refractivity contribution in [2.24, 2.45) is 0 Å². The number of carbonyl (C=O) groups excluding carboxylic acids is 1. The number of likely N-dealkylation sites (tertiary alicyclic amines) is 1. The minimum Gasteiger partial charge on any atom is -0.392 e. The Balaban J connectivity index is 1.12. The zero-order valence-corrected chi connectivity index (χ0v) is 24.5. The molecular formula is C35H40N4O4. The fourth-order valence-corrected chi connectivity index (χ4v) is 5.95. The smallest absolute Gasteiger partial charge is 0.271 e. The number of aliphatic hydroxyl groups is 1. The lowest BCUT2D eigenvalue weighted by molar-refractivity contribution is -0.253. The molecule has 43 heavy (non-hydrogen) atoms. The summed E-state index contributed by atoms with van der Waals surface area (Å²) in [4.78, 5) is 24.1. The van der Waals surface area contributed by atoms with Crippen molar-refractivity contribution in [2.75, 3.05) is 19.6 Å². The minimum absolute atomic E-state index is 0.0254. The van der Waals surface area contributed by atoms with Crippen LogP contribution in [0.25, 0.3) is 11.0 Å². The van der Waals surface area contributed by atoms with E-state index in [4.69, 9.17) is 9.47 Å². The highest BCUT2D eigenvalue weighted by atomic mass is 16.7. The first-order valence-corrected chi connectivity index (χ1v) is 15.5. The molecule has 6 rings (SSSR count). The maximum absolute atomic E-state index is 12.8. The number of aliphatic hydroxyl groups excluding tert-OH is 1. The Kier molecular flexibility index (Phi) is 9.70. The molecule has 3 unspecified atom stereocenters. The molecule has 8 nitrogen and oxygen atoms in total. The van der Waals surface area contributed by atoms with Crippen LogP contribution < -0.4 is 5.32 Å². The molecule has 2 aliphatic rings. The summed E-state index contributed by atoms with van der Waals surface area (Å²) in [5, 5.41) is 12.4. The van der Waals surface area contributed by atoms with E-state index in [0.717, 1.165) is 53.8 Å². The maximum Gasteiger partial charge on any atom is 0.271 e. The van der Waals surface area contributed by atoms with Crippen LogP contribution >= 0.6 is 0 Å². The number of benzene rings is 3. The Labute approximate surface area is 253 Å². The summed E-state index contributed by atoms with van der Waals surface area (Å²) in [6.07, 6.45) is 8.17. The number of hydrogen-bond donors (Lipinski definition) is 2. The Hall–Kier alpha value is -3.69. The quantitative estimate of drug-likeness (QED) is 0.269. The number of aromatic nitrogens is 2. The van der Waals surface area contributed by atoms with Gasteiger partial charge < -0.3 is 24.8 Å². The average molecular weight is 581 g/mol. The second-order valence-corrected chi connectivity index (χ2v) is 11.6. The molecule has 0 aliphatic carbocycles. The molecule has 0 radical (unpaired) electrons. The van der Waals surface area contributed by atoms with Crippen LogP contribution in [0.2, 0.25) is 0 Å². The number of nitrogens with zero attached hydrogens (tertiary/aromatic N) is 3. The largest absolute Gasteiger partial charge is 0.392 e. The second-order valence-electron chi connectivity index (χ2n) is 11.6. The Morgan fingerprint density at radius 1 is 0.837 bits per heavy atom. The van der Waals surface area contributed by atoms with Crippen molar-refractivity contribution < 1.29 is 19.4 Å². The van der Waals surface area contributed by atoms with Crippen LogP contribution in [0, 0.1) is 0 Å². The van der Waals surface area contributed by atoms with E-state index in [-0.39, 0.29) is 24.7 Å². The zero-order valence-electron chi connectivity index (χ0n) is 24.5. The number of carbonyl (C=O) groups is 1. The summed E-state index contributed by atoms with van der Waals surface area (Å²) in [5.74, 6) is -0.261. The number of nitrogens with one attached hydrogen (secondary N) is 1. The van der Waals surface area contributed by atoms with Gasteiger partial charge >= 0.3 is 0 Å². The monoisotopic (exact) mass is 580 g/mol. The molecule has 1 aromatic heterocycles. The van der Waals surface area contributed by atoms with Crippen LogP contribution in [0.3, 0.4) is 0 Å². The van der Waals surface area contributed by atoms with Crippen molar-refractivity contribution >= 4 is 16.9 Å². The number of rotatable bonds is 8.